The zero-order chi connectivity index (χ0) is 27.2. The average Bonchev–Trinajstić information content (AvgIpc) is 3.64. The van der Waals surface area contributed by atoms with Gasteiger partial charge >= 0.3 is 5.97 Å². The molecule has 5 aromatic rings. The highest BCUT2D eigenvalue weighted by Gasteiger charge is 2.42. The van der Waals surface area contributed by atoms with E-state index in [0.29, 0.717) is 12.0 Å². The maximum atomic E-state index is 11.1. The molecule has 1 aliphatic heterocycles. The first-order chi connectivity index (χ1) is 19.5. The Bertz CT molecular complexity index is 1830. The Balaban J connectivity index is 1.23. The molecular weight excluding hydrogens is 527 g/mol. The van der Waals surface area contributed by atoms with Gasteiger partial charge < -0.3 is 10.0 Å². The summed E-state index contributed by atoms with van der Waals surface area (Å²) < 4.78 is 2.63. The zero-order valence-electron chi connectivity index (χ0n) is 22.5. The second kappa shape index (κ2) is 10.3. The molecule has 0 saturated heterocycles. The van der Waals surface area contributed by atoms with Crippen molar-refractivity contribution < 1.29 is 9.90 Å². The molecule has 198 valence electrons. The first-order valence-electron chi connectivity index (χ1n) is 14.1. The summed E-state index contributed by atoms with van der Waals surface area (Å²) in [6.45, 7) is 2.15. The van der Waals surface area contributed by atoms with E-state index in [1.54, 1.807) is 0 Å². The monoisotopic (exact) mass is 557 g/mol. The summed E-state index contributed by atoms with van der Waals surface area (Å²) in [4.78, 5) is 15.1. The molecule has 0 radical (unpaired) electrons. The molecule has 7 rings (SSSR count). The van der Waals surface area contributed by atoms with Gasteiger partial charge in [0.1, 0.15) is 0 Å². The fraction of sp³-hybridized carbons (Fsp3) is 0.200. The van der Waals surface area contributed by atoms with Gasteiger partial charge in [-0.3, -0.25) is 4.79 Å². The van der Waals surface area contributed by atoms with Crippen LogP contribution >= 0.6 is 11.3 Å². The number of carboxylic acids is 1. The number of hydrogen-bond acceptors (Lipinski definition) is 3. The molecule has 0 bridgehead atoms. The fourth-order valence-corrected chi connectivity index (χ4v) is 11.0. The van der Waals surface area contributed by atoms with Crippen LogP contribution in [0.25, 0.3) is 38.3 Å². The molecule has 3 nitrogen and oxygen atoms in total. The van der Waals surface area contributed by atoms with Crippen molar-refractivity contribution >= 4 is 75.4 Å². The minimum absolute atomic E-state index is 0.0682. The molecule has 2 atom stereocenters. The van der Waals surface area contributed by atoms with Crippen molar-refractivity contribution in [3.63, 3.8) is 0 Å². The molecule has 1 N–H and O–H groups in total. The van der Waals surface area contributed by atoms with Crippen molar-refractivity contribution in [2.75, 3.05) is 4.90 Å². The van der Waals surface area contributed by atoms with Crippen LogP contribution in [0.2, 0.25) is 0 Å². The van der Waals surface area contributed by atoms with Gasteiger partial charge in [0.05, 0.1) is 14.8 Å². The summed E-state index contributed by atoms with van der Waals surface area (Å²) >= 11 is 1.83. The van der Waals surface area contributed by atoms with E-state index in [9.17, 15) is 4.79 Å². The van der Waals surface area contributed by atoms with Crippen LogP contribution in [0.1, 0.15) is 52.8 Å². The predicted molar refractivity (Wildman–Crippen MR) is 172 cm³/mol. The van der Waals surface area contributed by atoms with Crippen molar-refractivity contribution in [2.45, 2.75) is 44.6 Å². The third-order valence-electron chi connectivity index (χ3n) is 8.45. The zero-order valence-corrected chi connectivity index (χ0v) is 24.3. The van der Waals surface area contributed by atoms with Crippen LogP contribution in [-0.2, 0) is 4.79 Å². The Morgan fingerprint density at radius 2 is 1.85 bits per heavy atom. The third-order valence-corrected chi connectivity index (χ3v) is 12.8. The first kappa shape index (κ1) is 25.2. The molecule has 1 aliphatic carbocycles. The van der Waals surface area contributed by atoms with Gasteiger partial charge in [-0.05, 0) is 83.1 Å². The maximum absolute atomic E-state index is 11.1. The third kappa shape index (κ3) is 4.53. The number of hydrogen-bond donors (Lipinski definition) is 1. The number of carboxylic acid groups (broad SMARTS) is 1. The number of aryl methyl sites for hydroxylation is 1. The molecule has 1 saturated carbocycles. The highest BCUT2D eigenvalue weighted by Crippen LogP contribution is 2.52. The molecule has 1 aromatic heterocycles. The summed E-state index contributed by atoms with van der Waals surface area (Å²) in [5, 5.41) is 11.7. The van der Waals surface area contributed by atoms with Crippen LogP contribution in [0.5, 0.6) is 0 Å². The molecule has 4 aromatic carbocycles. The lowest BCUT2D eigenvalue weighted by atomic mass is 9.96. The van der Waals surface area contributed by atoms with Crippen LogP contribution in [0, 0.1) is 6.92 Å². The number of aliphatic carboxylic acids is 1. The van der Waals surface area contributed by atoms with Crippen molar-refractivity contribution in [1.29, 1.82) is 0 Å². The van der Waals surface area contributed by atoms with Gasteiger partial charge in [0.25, 0.3) is 0 Å². The largest absolute Gasteiger partial charge is 0.481 e. The summed E-state index contributed by atoms with van der Waals surface area (Å²) in [6.07, 6.45) is 10.2. The van der Waals surface area contributed by atoms with Crippen LogP contribution in [0.4, 0.5) is 11.4 Å². The van der Waals surface area contributed by atoms with Gasteiger partial charge in [0.15, 0.2) is 0 Å². The second-order valence-corrected chi connectivity index (χ2v) is 14.7. The van der Waals surface area contributed by atoms with Gasteiger partial charge in [-0.2, -0.15) is 0 Å². The van der Waals surface area contributed by atoms with Crippen molar-refractivity contribution in [2.24, 2.45) is 0 Å². The van der Waals surface area contributed by atoms with Crippen molar-refractivity contribution in [1.82, 2.24) is 0 Å². The van der Waals surface area contributed by atoms with E-state index < -0.39 is 14.4 Å². The van der Waals surface area contributed by atoms with Crippen molar-refractivity contribution in [3.8, 4) is 0 Å². The Morgan fingerprint density at radius 1 is 1.00 bits per heavy atom. The average molecular weight is 558 g/mol. The Labute approximate surface area is 240 Å². The Kier molecular flexibility index (Phi) is 6.49. The first-order valence-corrected chi connectivity index (χ1v) is 16.5. The molecule has 2 unspecified atom stereocenters. The van der Waals surface area contributed by atoms with Gasteiger partial charge in [0.2, 0.25) is 0 Å². The predicted octanol–water partition coefficient (Wildman–Crippen LogP) is 9.29. The van der Waals surface area contributed by atoms with E-state index in [2.05, 4.69) is 109 Å². The van der Waals surface area contributed by atoms with Gasteiger partial charge in [-0.25, -0.2) is 0 Å². The maximum Gasteiger partial charge on any atom is 0.307 e. The van der Waals surface area contributed by atoms with E-state index in [0.717, 1.165) is 0 Å². The lowest BCUT2D eigenvalue weighted by molar-refractivity contribution is -0.135. The summed E-state index contributed by atoms with van der Waals surface area (Å²) in [5.41, 5.74) is 8.81. The van der Waals surface area contributed by atoms with Crippen molar-refractivity contribution in [3.05, 3.63) is 106 Å². The highest BCUT2D eigenvalue weighted by atomic mass is 32.1. The van der Waals surface area contributed by atoms with E-state index in [4.69, 9.17) is 5.11 Å². The molecule has 0 spiro atoms. The van der Waals surface area contributed by atoms with Gasteiger partial charge in [-0.15, -0.1) is 11.3 Å². The molecule has 1 fully saturated rings. The van der Waals surface area contributed by atoms with E-state index in [1.807, 2.05) is 17.4 Å². The van der Waals surface area contributed by atoms with Crippen LogP contribution in [0.15, 0.2) is 84.9 Å². The quantitative estimate of drug-likeness (QED) is 0.212. The van der Waals surface area contributed by atoms with E-state index >= 15 is 0 Å². The van der Waals surface area contributed by atoms with Crippen LogP contribution in [-0.4, -0.2) is 25.5 Å². The smallest absolute Gasteiger partial charge is 0.307 e. The molecule has 0 amide bonds. The molecule has 40 heavy (non-hydrogen) atoms. The molecular formula is C35H31NO2SSi. The number of carbonyl (C=O) groups is 1. The minimum atomic E-state index is -1.12. The van der Waals surface area contributed by atoms with E-state index in [-0.39, 0.29) is 6.42 Å². The highest BCUT2D eigenvalue weighted by molar-refractivity contribution is 7.27. The van der Waals surface area contributed by atoms with E-state index in [1.165, 1.54) is 72.3 Å². The number of benzene rings is 4. The SMILES string of the molecule is Cc1ccc2cc(N3c4ccc(/C=C/c5sc6ccccc6[si]5/C=C/CC(=O)O)cc4C4CCCC43)ccc2c1. The van der Waals surface area contributed by atoms with Crippen LogP contribution < -0.4 is 4.90 Å². The molecule has 5 heteroatoms. The molecule has 2 heterocycles. The normalized spacial score (nSPS) is 18.4. The topological polar surface area (TPSA) is 40.5 Å². The fourth-order valence-electron chi connectivity index (χ4n) is 6.65. The summed E-state index contributed by atoms with van der Waals surface area (Å²) in [6, 6.07) is 29.7. The standard InChI is InChI=1S/C35H31NO2SSi/c1-23-11-14-26-22-27(16-15-25(26)20-23)36-30-7-4-6-28(30)29-21-24(12-17-31(29)36)13-18-35-39-32-8-2-3-9-33(32)40(35)19-5-10-34(37)38/h2-3,5,8-9,11-22,28,30H,4,6-7,10H2,1H3,(H,37,38)/b18-13+,19-5+. The Hall–Kier alpha value is -3.80. The molecule has 2 aliphatic rings. The lowest BCUT2D eigenvalue weighted by Gasteiger charge is -2.27. The second-order valence-electron chi connectivity index (χ2n) is 11.0. The number of nitrogens with zero attached hydrogens (tertiary/aromatic N) is 1. The summed E-state index contributed by atoms with van der Waals surface area (Å²) in [7, 11) is -1.12. The minimum Gasteiger partial charge on any atom is -0.481 e. The summed E-state index contributed by atoms with van der Waals surface area (Å²) in [5.74, 6) is -0.209. The number of anilines is 2. The lowest BCUT2D eigenvalue weighted by Crippen LogP contribution is -2.26. The number of rotatable bonds is 6. The van der Waals surface area contributed by atoms with Gasteiger partial charge in [-0.1, -0.05) is 78.4 Å². The Morgan fingerprint density at radius 3 is 2.75 bits per heavy atom. The number of fused-ring (bicyclic) bond motifs is 5. The van der Waals surface area contributed by atoms with Crippen LogP contribution in [0.3, 0.4) is 0 Å². The van der Waals surface area contributed by atoms with Gasteiger partial charge in [0, 0.05) is 32.5 Å².